The second-order valence-electron chi connectivity index (χ2n) is 3.66. The highest BCUT2D eigenvalue weighted by Gasteiger charge is 2.11. The zero-order valence-corrected chi connectivity index (χ0v) is 10.4. The van der Waals surface area contributed by atoms with Gasteiger partial charge in [-0.2, -0.15) is 0 Å². The lowest BCUT2D eigenvalue weighted by Crippen LogP contribution is -2.20. The van der Waals surface area contributed by atoms with Gasteiger partial charge in [-0.05, 0) is 33.7 Å². The van der Waals surface area contributed by atoms with Gasteiger partial charge in [-0.15, -0.1) is 23.7 Å². The van der Waals surface area contributed by atoms with E-state index in [2.05, 4.69) is 30.1 Å². The number of rotatable bonds is 5. The summed E-state index contributed by atoms with van der Waals surface area (Å²) in [6.45, 7) is 7.28. The van der Waals surface area contributed by atoms with Crippen LogP contribution in [0.15, 0.2) is 0 Å². The highest BCUT2D eigenvalue weighted by molar-refractivity contribution is 7.11. The molecule has 1 aromatic heterocycles. The molecule has 1 rings (SSSR count). The number of hydrogen-bond acceptors (Lipinski definition) is 3. The smallest absolute Gasteiger partial charge is 0.0900 e. The quantitative estimate of drug-likeness (QED) is 0.612. The molecule has 0 saturated heterocycles. The van der Waals surface area contributed by atoms with Crippen LogP contribution in [0, 0.1) is 26.2 Å². The van der Waals surface area contributed by atoms with Gasteiger partial charge in [0.05, 0.1) is 10.7 Å². The molecule has 0 aliphatic rings. The van der Waals surface area contributed by atoms with Crippen LogP contribution in [0.2, 0.25) is 0 Å². The second kappa shape index (κ2) is 5.89. The van der Waals surface area contributed by atoms with Crippen molar-refractivity contribution in [2.24, 2.45) is 0 Å². The molecule has 0 aliphatic heterocycles. The molecule has 1 heterocycles. The summed E-state index contributed by atoms with van der Waals surface area (Å²) in [6, 6.07) is 0.327. The Balaban J connectivity index is 2.43. The molecule has 1 unspecified atom stereocenters. The summed E-state index contributed by atoms with van der Waals surface area (Å²) in [5.74, 6) is 2.64. The number of thiazole rings is 1. The molecule has 0 bridgehead atoms. The van der Waals surface area contributed by atoms with Crippen molar-refractivity contribution in [2.75, 3.05) is 6.54 Å². The van der Waals surface area contributed by atoms with E-state index in [1.165, 1.54) is 10.6 Å². The van der Waals surface area contributed by atoms with Crippen LogP contribution in [0.1, 0.15) is 41.4 Å². The summed E-state index contributed by atoms with van der Waals surface area (Å²) in [5, 5.41) is 4.58. The number of terminal acetylenes is 1. The first-order valence-corrected chi connectivity index (χ1v) is 6.07. The first kappa shape index (κ1) is 12.2. The minimum atomic E-state index is 0.327. The molecule has 0 saturated carbocycles. The standard InChI is InChI=1S/C12H18N2S/c1-5-6-7-8-13-9(2)12-10(3)15-11(4)14-12/h1,9,13H,6-8H2,2-4H3. The third kappa shape index (κ3) is 3.65. The van der Waals surface area contributed by atoms with Crippen LogP contribution in [0.3, 0.4) is 0 Å². The third-order valence-corrected chi connectivity index (χ3v) is 3.20. The molecule has 2 nitrogen and oxygen atoms in total. The minimum Gasteiger partial charge on any atom is -0.309 e. The molecule has 0 aromatic carbocycles. The van der Waals surface area contributed by atoms with Crippen molar-refractivity contribution in [2.45, 2.75) is 39.7 Å². The maximum absolute atomic E-state index is 5.20. The predicted molar refractivity (Wildman–Crippen MR) is 66.1 cm³/mol. The van der Waals surface area contributed by atoms with E-state index < -0.39 is 0 Å². The number of nitrogens with zero attached hydrogens (tertiary/aromatic N) is 1. The van der Waals surface area contributed by atoms with Crippen molar-refractivity contribution in [3.63, 3.8) is 0 Å². The lowest BCUT2D eigenvalue weighted by atomic mass is 10.2. The van der Waals surface area contributed by atoms with E-state index >= 15 is 0 Å². The molecule has 1 N–H and O–H groups in total. The van der Waals surface area contributed by atoms with Crippen molar-refractivity contribution < 1.29 is 0 Å². The van der Waals surface area contributed by atoms with Crippen LogP contribution in [0.4, 0.5) is 0 Å². The van der Waals surface area contributed by atoms with Crippen molar-refractivity contribution in [1.82, 2.24) is 10.3 Å². The van der Waals surface area contributed by atoms with Crippen molar-refractivity contribution in [1.29, 1.82) is 0 Å². The predicted octanol–water partition coefficient (Wildman–Crippen LogP) is 2.82. The molecular weight excluding hydrogens is 204 g/mol. The summed E-state index contributed by atoms with van der Waals surface area (Å²) in [7, 11) is 0. The lowest BCUT2D eigenvalue weighted by Gasteiger charge is -2.11. The van der Waals surface area contributed by atoms with E-state index in [1.54, 1.807) is 11.3 Å². The topological polar surface area (TPSA) is 24.9 Å². The SMILES string of the molecule is C#CCCCNC(C)c1nc(C)sc1C. The van der Waals surface area contributed by atoms with Gasteiger partial charge in [-0.1, -0.05) is 0 Å². The Morgan fingerprint density at radius 3 is 2.80 bits per heavy atom. The van der Waals surface area contributed by atoms with E-state index in [0.29, 0.717) is 6.04 Å². The Labute approximate surface area is 96.1 Å². The average molecular weight is 222 g/mol. The van der Waals surface area contributed by atoms with Gasteiger partial charge in [0.2, 0.25) is 0 Å². The van der Waals surface area contributed by atoms with E-state index in [0.717, 1.165) is 24.4 Å². The number of nitrogens with one attached hydrogen (secondary N) is 1. The molecule has 0 fully saturated rings. The van der Waals surface area contributed by atoms with Crippen LogP contribution in [-0.2, 0) is 0 Å². The zero-order chi connectivity index (χ0) is 11.3. The Kier molecular flexibility index (Phi) is 4.80. The van der Waals surface area contributed by atoms with Gasteiger partial charge < -0.3 is 5.32 Å². The van der Waals surface area contributed by atoms with Gasteiger partial charge in [-0.3, -0.25) is 0 Å². The Hall–Kier alpha value is -0.850. The molecular formula is C12H18N2S. The van der Waals surface area contributed by atoms with Crippen molar-refractivity contribution in [3.8, 4) is 12.3 Å². The summed E-state index contributed by atoms with van der Waals surface area (Å²) < 4.78 is 0. The normalized spacial score (nSPS) is 12.4. The van der Waals surface area contributed by atoms with E-state index in [9.17, 15) is 0 Å². The van der Waals surface area contributed by atoms with Gasteiger partial charge in [0.1, 0.15) is 0 Å². The highest BCUT2D eigenvalue weighted by Crippen LogP contribution is 2.22. The van der Waals surface area contributed by atoms with Crippen LogP contribution in [-0.4, -0.2) is 11.5 Å². The molecule has 0 aliphatic carbocycles. The number of hydrogen-bond donors (Lipinski definition) is 1. The maximum Gasteiger partial charge on any atom is 0.0900 e. The van der Waals surface area contributed by atoms with Crippen LogP contribution in [0.25, 0.3) is 0 Å². The first-order chi connectivity index (χ1) is 7.15. The largest absolute Gasteiger partial charge is 0.309 e. The summed E-state index contributed by atoms with van der Waals surface area (Å²) in [5.41, 5.74) is 1.18. The first-order valence-electron chi connectivity index (χ1n) is 5.26. The molecule has 0 radical (unpaired) electrons. The number of unbranched alkanes of at least 4 members (excludes halogenated alkanes) is 1. The van der Waals surface area contributed by atoms with Crippen LogP contribution < -0.4 is 5.32 Å². The summed E-state index contributed by atoms with van der Waals surface area (Å²) >= 11 is 1.76. The molecule has 3 heteroatoms. The lowest BCUT2D eigenvalue weighted by molar-refractivity contribution is 0.551. The zero-order valence-electron chi connectivity index (χ0n) is 9.63. The molecule has 0 amide bonds. The molecule has 1 atom stereocenters. The van der Waals surface area contributed by atoms with Crippen molar-refractivity contribution in [3.05, 3.63) is 15.6 Å². The Bertz CT molecular complexity index is 349. The third-order valence-electron chi connectivity index (χ3n) is 2.30. The monoisotopic (exact) mass is 222 g/mol. The van der Waals surface area contributed by atoms with Gasteiger partial charge in [0.15, 0.2) is 0 Å². The minimum absolute atomic E-state index is 0.327. The van der Waals surface area contributed by atoms with Gasteiger partial charge in [0.25, 0.3) is 0 Å². The Morgan fingerprint density at radius 2 is 2.27 bits per heavy atom. The molecule has 0 spiro atoms. The van der Waals surface area contributed by atoms with Gasteiger partial charge >= 0.3 is 0 Å². The Morgan fingerprint density at radius 1 is 1.53 bits per heavy atom. The van der Waals surface area contributed by atoms with Gasteiger partial charge in [0, 0.05) is 17.3 Å². The number of aromatic nitrogens is 1. The van der Waals surface area contributed by atoms with E-state index in [4.69, 9.17) is 6.42 Å². The van der Waals surface area contributed by atoms with Crippen molar-refractivity contribution >= 4 is 11.3 Å². The van der Waals surface area contributed by atoms with Crippen LogP contribution in [0.5, 0.6) is 0 Å². The van der Waals surface area contributed by atoms with E-state index in [1.807, 2.05) is 6.92 Å². The summed E-state index contributed by atoms with van der Waals surface area (Å²) in [6.07, 6.45) is 7.07. The molecule has 82 valence electrons. The van der Waals surface area contributed by atoms with Gasteiger partial charge in [-0.25, -0.2) is 4.98 Å². The fourth-order valence-electron chi connectivity index (χ4n) is 1.55. The molecule has 15 heavy (non-hydrogen) atoms. The van der Waals surface area contributed by atoms with Crippen LogP contribution >= 0.6 is 11.3 Å². The second-order valence-corrected chi connectivity index (χ2v) is 5.07. The van der Waals surface area contributed by atoms with E-state index in [-0.39, 0.29) is 0 Å². The number of aryl methyl sites for hydroxylation is 2. The maximum atomic E-state index is 5.20. The summed E-state index contributed by atoms with van der Waals surface area (Å²) in [4.78, 5) is 5.83. The molecule has 1 aromatic rings. The fraction of sp³-hybridized carbons (Fsp3) is 0.583. The fourth-order valence-corrected chi connectivity index (χ4v) is 2.47. The highest BCUT2D eigenvalue weighted by atomic mass is 32.1. The average Bonchev–Trinajstić information content (AvgIpc) is 2.52.